The van der Waals surface area contributed by atoms with E-state index in [1.54, 1.807) is 22.7 Å². The Balaban J connectivity index is 1.04. The molecule has 0 spiro atoms. The Morgan fingerprint density at radius 2 is 0.804 bits per heavy atom. The zero-order valence-corrected chi connectivity index (χ0v) is 31.4. The van der Waals surface area contributed by atoms with Gasteiger partial charge < -0.3 is 0 Å². The van der Waals surface area contributed by atoms with Crippen LogP contribution in [0.4, 0.5) is 0 Å². The summed E-state index contributed by atoms with van der Waals surface area (Å²) in [7, 11) is 0. The lowest BCUT2D eigenvalue weighted by Crippen LogP contribution is -2.00. The minimum absolute atomic E-state index is 0.637. The molecule has 0 aliphatic carbocycles. The van der Waals surface area contributed by atoms with E-state index in [0.29, 0.717) is 17.5 Å². The smallest absolute Gasteiger partial charge is 0.164 e. The Hall–Kier alpha value is -6.93. The van der Waals surface area contributed by atoms with Crippen LogP contribution in [0.15, 0.2) is 176 Å². The van der Waals surface area contributed by atoms with Gasteiger partial charge in [0, 0.05) is 58.1 Å². The fraction of sp³-hybridized carbons (Fsp3) is 0. The summed E-state index contributed by atoms with van der Waals surface area (Å²) in [5.41, 5.74) is 9.22. The highest BCUT2D eigenvalue weighted by Crippen LogP contribution is 2.45. The molecule has 262 valence electrons. The predicted molar refractivity (Wildman–Crippen MR) is 234 cm³/mol. The van der Waals surface area contributed by atoms with Crippen molar-refractivity contribution >= 4 is 63.1 Å². The Kier molecular flexibility index (Phi) is 7.79. The number of aromatic nitrogens is 5. The largest absolute Gasteiger partial charge is 0.226 e. The van der Waals surface area contributed by atoms with Crippen LogP contribution in [0.2, 0.25) is 0 Å². The summed E-state index contributed by atoms with van der Waals surface area (Å²) in [6.45, 7) is 0. The maximum atomic E-state index is 5.32. The van der Waals surface area contributed by atoms with E-state index in [-0.39, 0.29) is 0 Å². The number of nitrogens with zero attached hydrogens (tertiary/aromatic N) is 5. The van der Waals surface area contributed by atoms with Crippen LogP contribution in [0.3, 0.4) is 0 Å². The zero-order valence-electron chi connectivity index (χ0n) is 29.8. The monoisotopic (exact) mass is 751 g/mol. The number of benzene rings is 7. The minimum Gasteiger partial charge on any atom is -0.226 e. The number of fused-ring (bicyclic) bond motifs is 6. The molecule has 0 saturated carbocycles. The van der Waals surface area contributed by atoms with E-state index in [9.17, 15) is 0 Å². The molecule has 0 amide bonds. The normalized spacial score (nSPS) is 11.6. The average molecular weight is 752 g/mol. The SMILES string of the molecule is c1ccc(-c2nc(-c3ccccc3)nc(-c3ccc(-c4cccc5sc6c(-c7nc(-c8ccccc8)c8sc9ccccc9c8n7)cccc6c45)cc3)n2)cc1. The quantitative estimate of drug-likeness (QED) is 0.169. The Morgan fingerprint density at radius 3 is 1.48 bits per heavy atom. The molecule has 0 aliphatic heterocycles. The van der Waals surface area contributed by atoms with Gasteiger partial charge in [0.1, 0.15) is 0 Å². The van der Waals surface area contributed by atoms with Crippen molar-refractivity contribution in [3.05, 3.63) is 176 Å². The molecule has 56 heavy (non-hydrogen) atoms. The van der Waals surface area contributed by atoms with Gasteiger partial charge in [0.2, 0.25) is 0 Å². The van der Waals surface area contributed by atoms with Crippen LogP contribution in [0.1, 0.15) is 0 Å². The standard InChI is InChI=1S/C49H29N5S2/c1-4-14-31(15-5-1)42-45-43(36-20-10-11-24-39(36)55-45)51-49(50-42)38-23-12-22-37-41-35(21-13-25-40(41)56-44(37)38)30-26-28-34(29-27-30)48-53-46(32-16-6-2-7-17-32)52-47(54-48)33-18-8-3-9-19-33/h1-29H. The fourth-order valence-corrected chi connectivity index (χ4v) is 9.90. The van der Waals surface area contributed by atoms with E-state index < -0.39 is 0 Å². The minimum atomic E-state index is 0.637. The van der Waals surface area contributed by atoms with Gasteiger partial charge in [-0.1, -0.05) is 158 Å². The average Bonchev–Trinajstić information content (AvgIpc) is 3.86. The summed E-state index contributed by atoms with van der Waals surface area (Å²) in [5, 5.41) is 3.58. The lowest BCUT2D eigenvalue weighted by Gasteiger charge is -2.10. The second kappa shape index (κ2) is 13.4. The highest BCUT2D eigenvalue weighted by Gasteiger charge is 2.20. The molecule has 0 saturated heterocycles. The van der Waals surface area contributed by atoms with Crippen molar-refractivity contribution in [1.82, 2.24) is 24.9 Å². The summed E-state index contributed by atoms with van der Waals surface area (Å²) in [6, 6.07) is 60.9. The van der Waals surface area contributed by atoms with Crippen molar-refractivity contribution in [2.45, 2.75) is 0 Å². The van der Waals surface area contributed by atoms with Crippen molar-refractivity contribution in [2.24, 2.45) is 0 Å². The molecule has 11 aromatic rings. The molecule has 11 rings (SSSR count). The molecule has 0 bridgehead atoms. The second-order valence-corrected chi connectivity index (χ2v) is 15.7. The predicted octanol–water partition coefficient (Wildman–Crippen LogP) is 13.4. The van der Waals surface area contributed by atoms with Gasteiger partial charge in [-0.05, 0) is 29.3 Å². The lowest BCUT2D eigenvalue weighted by atomic mass is 9.97. The second-order valence-electron chi connectivity index (χ2n) is 13.6. The van der Waals surface area contributed by atoms with Crippen molar-refractivity contribution in [2.75, 3.05) is 0 Å². The third-order valence-electron chi connectivity index (χ3n) is 10.2. The van der Waals surface area contributed by atoms with E-state index >= 15 is 0 Å². The van der Waals surface area contributed by atoms with Crippen LogP contribution in [0, 0.1) is 0 Å². The first kappa shape index (κ1) is 32.5. The molecule has 4 aromatic heterocycles. The van der Waals surface area contributed by atoms with E-state index in [0.717, 1.165) is 60.5 Å². The van der Waals surface area contributed by atoms with Gasteiger partial charge in [0.15, 0.2) is 23.3 Å². The number of thiophene rings is 2. The van der Waals surface area contributed by atoms with Gasteiger partial charge in [-0.2, -0.15) is 0 Å². The number of hydrogen-bond acceptors (Lipinski definition) is 7. The van der Waals surface area contributed by atoms with Gasteiger partial charge in [-0.15, -0.1) is 22.7 Å². The van der Waals surface area contributed by atoms with E-state index in [4.69, 9.17) is 24.9 Å². The van der Waals surface area contributed by atoms with Crippen molar-refractivity contribution < 1.29 is 0 Å². The van der Waals surface area contributed by atoms with Crippen LogP contribution >= 0.6 is 22.7 Å². The molecular formula is C49H29N5S2. The van der Waals surface area contributed by atoms with Crippen LogP contribution < -0.4 is 0 Å². The zero-order chi connectivity index (χ0) is 37.0. The summed E-state index contributed by atoms with van der Waals surface area (Å²) in [4.78, 5) is 25.4. The summed E-state index contributed by atoms with van der Waals surface area (Å²) in [6.07, 6.45) is 0. The molecule has 0 fully saturated rings. The molecule has 0 unspecified atom stereocenters. The number of rotatable bonds is 6. The van der Waals surface area contributed by atoms with E-state index in [1.165, 1.54) is 30.4 Å². The third-order valence-corrected chi connectivity index (χ3v) is 12.6. The van der Waals surface area contributed by atoms with Crippen LogP contribution in [0.25, 0.3) is 108 Å². The molecule has 7 aromatic carbocycles. The Labute approximate surface area is 330 Å². The van der Waals surface area contributed by atoms with Crippen molar-refractivity contribution in [1.29, 1.82) is 0 Å². The summed E-state index contributed by atoms with van der Waals surface area (Å²) < 4.78 is 4.72. The first-order chi connectivity index (χ1) is 27.7. The van der Waals surface area contributed by atoms with Crippen LogP contribution in [0.5, 0.6) is 0 Å². The van der Waals surface area contributed by atoms with Gasteiger partial charge >= 0.3 is 0 Å². The van der Waals surface area contributed by atoms with Gasteiger partial charge in [-0.3, -0.25) is 0 Å². The van der Waals surface area contributed by atoms with E-state index in [2.05, 4.69) is 109 Å². The molecule has 0 aliphatic rings. The highest BCUT2D eigenvalue weighted by atomic mass is 32.1. The molecule has 7 heteroatoms. The van der Waals surface area contributed by atoms with Crippen molar-refractivity contribution in [3.8, 4) is 67.9 Å². The first-order valence-electron chi connectivity index (χ1n) is 18.4. The first-order valence-corrected chi connectivity index (χ1v) is 20.1. The topological polar surface area (TPSA) is 64.5 Å². The Morgan fingerprint density at radius 1 is 0.304 bits per heavy atom. The molecule has 0 N–H and O–H groups in total. The molecule has 0 radical (unpaired) electrons. The maximum Gasteiger partial charge on any atom is 0.164 e. The summed E-state index contributed by atoms with van der Waals surface area (Å²) >= 11 is 3.56. The molecule has 4 heterocycles. The molecular weight excluding hydrogens is 723 g/mol. The summed E-state index contributed by atoms with van der Waals surface area (Å²) in [5.74, 6) is 2.67. The van der Waals surface area contributed by atoms with Crippen LogP contribution in [-0.4, -0.2) is 24.9 Å². The molecule has 0 atom stereocenters. The highest BCUT2D eigenvalue weighted by molar-refractivity contribution is 7.26. The van der Waals surface area contributed by atoms with Crippen molar-refractivity contribution in [3.63, 3.8) is 0 Å². The Bertz CT molecular complexity index is 3170. The lowest BCUT2D eigenvalue weighted by molar-refractivity contribution is 1.07. The maximum absolute atomic E-state index is 5.32. The van der Waals surface area contributed by atoms with Gasteiger partial charge in [-0.25, -0.2) is 24.9 Å². The molecule has 5 nitrogen and oxygen atoms in total. The third kappa shape index (κ3) is 5.56. The van der Waals surface area contributed by atoms with Gasteiger partial charge in [0.25, 0.3) is 0 Å². The number of hydrogen-bond donors (Lipinski definition) is 0. The van der Waals surface area contributed by atoms with Crippen LogP contribution in [-0.2, 0) is 0 Å². The fourth-order valence-electron chi connectivity index (χ4n) is 7.50. The van der Waals surface area contributed by atoms with E-state index in [1.807, 2.05) is 66.7 Å². The van der Waals surface area contributed by atoms with Gasteiger partial charge in [0.05, 0.1) is 15.9 Å².